The zero-order chi connectivity index (χ0) is 19.1. The van der Waals surface area contributed by atoms with Gasteiger partial charge in [0, 0.05) is 5.75 Å². The standard InChI is InChI=1S/C23H23NO2S/c1-27-17-21(22(25)26)24-23(18-11-5-2-6-12-18,19-13-7-3-8-14-19)20-15-9-4-10-16-20/h2-16,21,24H,17H2,1H3,(H,25,26). The molecule has 1 atom stereocenters. The molecule has 0 aromatic heterocycles. The number of nitrogens with one attached hydrogen (secondary N) is 1. The zero-order valence-corrected chi connectivity index (χ0v) is 16.0. The van der Waals surface area contributed by atoms with Crippen molar-refractivity contribution in [1.29, 1.82) is 0 Å². The molecule has 0 saturated carbocycles. The van der Waals surface area contributed by atoms with Crippen LogP contribution in [0, 0.1) is 0 Å². The van der Waals surface area contributed by atoms with E-state index in [-0.39, 0.29) is 0 Å². The van der Waals surface area contributed by atoms with Crippen LogP contribution in [0.5, 0.6) is 0 Å². The van der Waals surface area contributed by atoms with E-state index < -0.39 is 17.6 Å². The number of benzene rings is 3. The molecular weight excluding hydrogens is 354 g/mol. The van der Waals surface area contributed by atoms with Crippen molar-refractivity contribution < 1.29 is 9.90 Å². The molecule has 0 aliphatic rings. The first-order chi connectivity index (χ1) is 13.2. The van der Waals surface area contributed by atoms with Crippen LogP contribution < -0.4 is 5.32 Å². The van der Waals surface area contributed by atoms with Gasteiger partial charge in [-0.3, -0.25) is 10.1 Å². The summed E-state index contributed by atoms with van der Waals surface area (Å²) in [6.07, 6.45) is 1.92. The van der Waals surface area contributed by atoms with Gasteiger partial charge in [-0.1, -0.05) is 91.0 Å². The van der Waals surface area contributed by atoms with Gasteiger partial charge >= 0.3 is 5.97 Å². The predicted molar refractivity (Wildman–Crippen MR) is 112 cm³/mol. The second-order valence-electron chi connectivity index (χ2n) is 6.34. The summed E-state index contributed by atoms with van der Waals surface area (Å²) in [5.74, 6) is -0.375. The minimum Gasteiger partial charge on any atom is -0.480 e. The first-order valence-corrected chi connectivity index (χ1v) is 10.2. The van der Waals surface area contributed by atoms with E-state index in [0.29, 0.717) is 5.75 Å². The summed E-state index contributed by atoms with van der Waals surface area (Å²) in [7, 11) is 0. The van der Waals surface area contributed by atoms with E-state index in [4.69, 9.17) is 0 Å². The predicted octanol–water partition coefficient (Wildman–Crippen LogP) is 4.38. The Hall–Kier alpha value is -2.56. The van der Waals surface area contributed by atoms with Crippen LogP contribution in [0.3, 0.4) is 0 Å². The number of thioether (sulfide) groups is 1. The van der Waals surface area contributed by atoms with E-state index in [9.17, 15) is 9.90 Å². The first kappa shape index (κ1) is 19.2. The lowest BCUT2D eigenvalue weighted by molar-refractivity contribution is -0.139. The summed E-state index contributed by atoms with van der Waals surface area (Å²) in [6.45, 7) is 0. The number of carboxylic acid groups (broad SMARTS) is 1. The van der Waals surface area contributed by atoms with Crippen LogP contribution >= 0.6 is 11.8 Å². The lowest BCUT2D eigenvalue weighted by atomic mass is 9.76. The third-order valence-electron chi connectivity index (χ3n) is 4.64. The smallest absolute Gasteiger partial charge is 0.321 e. The van der Waals surface area contributed by atoms with Gasteiger partial charge in [-0.15, -0.1) is 0 Å². The van der Waals surface area contributed by atoms with Crippen molar-refractivity contribution in [3.63, 3.8) is 0 Å². The lowest BCUT2D eigenvalue weighted by Gasteiger charge is -2.39. The molecule has 138 valence electrons. The van der Waals surface area contributed by atoms with E-state index in [2.05, 4.69) is 5.32 Å². The maximum absolute atomic E-state index is 12.0. The number of hydrogen-bond acceptors (Lipinski definition) is 3. The summed E-state index contributed by atoms with van der Waals surface area (Å²) in [5.41, 5.74) is 2.27. The maximum Gasteiger partial charge on any atom is 0.321 e. The number of carboxylic acids is 1. The van der Waals surface area contributed by atoms with Crippen molar-refractivity contribution in [1.82, 2.24) is 5.32 Å². The molecule has 4 heteroatoms. The SMILES string of the molecule is CSCC(NC(c1ccccc1)(c1ccccc1)c1ccccc1)C(=O)O. The average Bonchev–Trinajstić information content (AvgIpc) is 2.73. The number of carbonyl (C=O) groups is 1. The molecule has 2 N–H and O–H groups in total. The van der Waals surface area contributed by atoms with Crippen molar-refractivity contribution in [2.24, 2.45) is 0 Å². The van der Waals surface area contributed by atoms with E-state index in [1.54, 1.807) is 0 Å². The Morgan fingerprint density at radius 3 is 1.52 bits per heavy atom. The molecular formula is C23H23NO2S. The second kappa shape index (κ2) is 8.89. The Morgan fingerprint density at radius 2 is 1.22 bits per heavy atom. The highest BCUT2D eigenvalue weighted by atomic mass is 32.2. The molecule has 0 amide bonds. The number of rotatable bonds is 8. The molecule has 0 fully saturated rings. The van der Waals surface area contributed by atoms with Crippen LogP contribution in [0.4, 0.5) is 0 Å². The second-order valence-corrected chi connectivity index (χ2v) is 7.25. The van der Waals surface area contributed by atoms with Gasteiger partial charge in [0.15, 0.2) is 0 Å². The molecule has 0 aliphatic heterocycles. The quantitative estimate of drug-likeness (QED) is 0.572. The highest BCUT2D eigenvalue weighted by Gasteiger charge is 2.39. The summed E-state index contributed by atoms with van der Waals surface area (Å²) >= 11 is 1.52. The summed E-state index contributed by atoms with van der Waals surface area (Å²) in [4.78, 5) is 12.0. The molecule has 27 heavy (non-hydrogen) atoms. The molecule has 3 nitrogen and oxygen atoms in total. The summed E-state index contributed by atoms with van der Waals surface area (Å²) in [6, 6.07) is 29.4. The van der Waals surface area contributed by atoms with Crippen molar-refractivity contribution in [2.45, 2.75) is 11.6 Å². The molecule has 3 aromatic rings. The fourth-order valence-electron chi connectivity index (χ4n) is 3.42. The highest BCUT2D eigenvalue weighted by Crippen LogP contribution is 2.37. The Labute approximate surface area is 164 Å². The van der Waals surface area contributed by atoms with Crippen LogP contribution in [0.25, 0.3) is 0 Å². The Bertz CT molecular complexity index is 757. The maximum atomic E-state index is 12.0. The number of hydrogen-bond donors (Lipinski definition) is 2. The van der Waals surface area contributed by atoms with Crippen molar-refractivity contribution in [2.75, 3.05) is 12.0 Å². The molecule has 3 rings (SSSR count). The first-order valence-electron chi connectivity index (χ1n) is 8.84. The van der Waals surface area contributed by atoms with Crippen LogP contribution in [0.1, 0.15) is 16.7 Å². The topological polar surface area (TPSA) is 49.3 Å². The molecule has 0 spiro atoms. The van der Waals surface area contributed by atoms with Gasteiger partial charge in [-0.2, -0.15) is 11.8 Å². The monoisotopic (exact) mass is 377 g/mol. The van der Waals surface area contributed by atoms with Crippen molar-refractivity contribution >= 4 is 17.7 Å². The molecule has 1 unspecified atom stereocenters. The lowest BCUT2D eigenvalue weighted by Crippen LogP contribution is -2.53. The normalized spacial score (nSPS) is 12.5. The van der Waals surface area contributed by atoms with E-state index >= 15 is 0 Å². The fraction of sp³-hybridized carbons (Fsp3) is 0.174. The van der Waals surface area contributed by atoms with Crippen LogP contribution in [-0.2, 0) is 10.3 Å². The third-order valence-corrected chi connectivity index (χ3v) is 5.31. The van der Waals surface area contributed by atoms with Gasteiger partial charge < -0.3 is 5.11 Å². The van der Waals surface area contributed by atoms with Crippen molar-refractivity contribution in [3.8, 4) is 0 Å². The molecule has 0 saturated heterocycles. The minimum atomic E-state index is -0.850. The Kier molecular flexibility index (Phi) is 6.32. The Balaban J connectivity index is 2.27. The molecule has 0 aliphatic carbocycles. The zero-order valence-electron chi connectivity index (χ0n) is 15.2. The molecule has 0 radical (unpaired) electrons. The van der Waals surface area contributed by atoms with E-state index in [0.717, 1.165) is 16.7 Å². The van der Waals surface area contributed by atoms with Gasteiger partial charge in [-0.25, -0.2) is 0 Å². The molecule has 3 aromatic carbocycles. The van der Waals surface area contributed by atoms with E-state index in [1.807, 2.05) is 97.3 Å². The van der Waals surface area contributed by atoms with Crippen LogP contribution in [-0.4, -0.2) is 29.1 Å². The number of aliphatic carboxylic acids is 1. The molecule has 0 heterocycles. The van der Waals surface area contributed by atoms with Gasteiger partial charge in [-0.05, 0) is 22.9 Å². The third kappa shape index (κ3) is 4.07. The van der Waals surface area contributed by atoms with Crippen LogP contribution in [0.15, 0.2) is 91.0 Å². The van der Waals surface area contributed by atoms with Crippen molar-refractivity contribution in [3.05, 3.63) is 108 Å². The summed E-state index contributed by atoms with van der Waals surface area (Å²) in [5, 5.41) is 13.3. The van der Waals surface area contributed by atoms with Gasteiger partial charge in [0.2, 0.25) is 0 Å². The minimum absolute atomic E-state index is 0.476. The van der Waals surface area contributed by atoms with Gasteiger partial charge in [0.25, 0.3) is 0 Å². The average molecular weight is 378 g/mol. The van der Waals surface area contributed by atoms with Crippen LogP contribution in [0.2, 0.25) is 0 Å². The summed E-state index contributed by atoms with van der Waals surface area (Å²) < 4.78 is 0. The van der Waals surface area contributed by atoms with E-state index in [1.165, 1.54) is 11.8 Å². The Morgan fingerprint density at radius 1 is 0.852 bits per heavy atom. The molecule has 0 bridgehead atoms. The highest BCUT2D eigenvalue weighted by molar-refractivity contribution is 7.98. The van der Waals surface area contributed by atoms with Gasteiger partial charge in [0.1, 0.15) is 6.04 Å². The fourth-order valence-corrected chi connectivity index (χ4v) is 3.98. The van der Waals surface area contributed by atoms with Gasteiger partial charge in [0.05, 0.1) is 5.54 Å². The largest absolute Gasteiger partial charge is 0.480 e.